The van der Waals surface area contributed by atoms with Gasteiger partial charge in [-0.05, 0) is 101 Å². The van der Waals surface area contributed by atoms with Gasteiger partial charge in [0.2, 0.25) is 0 Å². The Morgan fingerprint density at radius 3 is 0.721 bits per heavy atom. The Kier molecular flexibility index (Phi) is 25.0. The van der Waals surface area contributed by atoms with E-state index in [1.54, 1.807) is 7.11 Å². The lowest BCUT2D eigenvalue weighted by atomic mass is 9.93. The average molecular weight is 847 g/mol. The zero-order valence-electron chi connectivity index (χ0n) is 39.2. The highest BCUT2D eigenvalue weighted by atomic mass is 16.6. The van der Waals surface area contributed by atoms with E-state index in [0.717, 1.165) is 125 Å². The quantitative estimate of drug-likeness (QED) is 0.0328. The molecule has 0 amide bonds. The van der Waals surface area contributed by atoms with Gasteiger partial charge in [0.25, 0.3) is 0 Å². The van der Waals surface area contributed by atoms with E-state index in [4.69, 9.17) is 37.9 Å². The normalized spacial score (nSPS) is 11.5. The van der Waals surface area contributed by atoms with Gasteiger partial charge in [0.1, 0.15) is 6.61 Å². The summed E-state index contributed by atoms with van der Waals surface area (Å²) < 4.78 is 50.6. The van der Waals surface area contributed by atoms with Gasteiger partial charge < -0.3 is 37.9 Å². The number of hydrogen-bond acceptors (Lipinski definition) is 8. The lowest BCUT2D eigenvalue weighted by molar-refractivity contribution is 0.0539. The van der Waals surface area contributed by atoms with E-state index in [9.17, 15) is 0 Å². The molecule has 0 atom stereocenters. The Labute approximate surface area is 369 Å². The summed E-state index contributed by atoms with van der Waals surface area (Å²) in [6, 6.07) is 13.2. The number of unbranched alkanes of at least 4 members (excludes halogenated alkanes) is 15. The molecule has 342 valence electrons. The predicted octanol–water partition coefficient (Wildman–Crippen LogP) is 15.0. The Bertz CT molecular complexity index is 1740. The fraction of sp³-hybridized carbons (Fsp3) is 0.660. The van der Waals surface area contributed by atoms with Crippen LogP contribution in [0.2, 0.25) is 0 Å². The third-order valence-electron chi connectivity index (χ3n) is 11.3. The molecule has 0 radical (unpaired) electrons. The van der Waals surface area contributed by atoms with Crippen LogP contribution in [0.3, 0.4) is 0 Å². The summed E-state index contributed by atoms with van der Waals surface area (Å²) >= 11 is 0. The minimum atomic E-state index is 0.393. The van der Waals surface area contributed by atoms with Crippen LogP contribution in [0.25, 0.3) is 32.3 Å². The Hall–Kier alpha value is -3.62. The molecule has 8 nitrogen and oxygen atoms in total. The van der Waals surface area contributed by atoms with Crippen LogP contribution in [0.1, 0.15) is 163 Å². The van der Waals surface area contributed by atoms with E-state index in [1.807, 2.05) is 0 Å². The second kappa shape index (κ2) is 30.4. The van der Waals surface area contributed by atoms with Crippen LogP contribution >= 0.6 is 0 Å². The SMILES string of the molecule is CCCCCCOc1cc2c3cc(OCCCCCC)c(OCCCCCC)cc3c3cc(OCCOCCOC)c(OCCCCCC)cc3c2cc1OCCCCCC. The minimum absolute atomic E-state index is 0.393. The molecule has 0 saturated heterocycles. The van der Waals surface area contributed by atoms with Crippen molar-refractivity contribution in [2.24, 2.45) is 0 Å². The molecule has 0 N–H and O–H groups in total. The van der Waals surface area contributed by atoms with Gasteiger partial charge in [0.15, 0.2) is 34.5 Å². The molecule has 0 aromatic heterocycles. The van der Waals surface area contributed by atoms with E-state index in [0.29, 0.717) is 65.2 Å². The van der Waals surface area contributed by atoms with Crippen LogP contribution < -0.4 is 28.4 Å². The number of ether oxygens (including phenoxy) is 8. The molecule has 0 aliphatic rings. The summed E-state index contributed by atoms with van der Waals surface area (Å²) in [6.07, 6.45) is 22.7. The Morgan fingerprint density at radius 1 is 0.262 bits per heavy atom. The van der Waals surface area contributed by atoms with E-state index in [2.05, 4.69) is 71.0 Å². The number of rotatable bonds is 37. The standard InChI is InChI=1S/C53H82O8/c1-7-12-17-22-27-56-48-36-42-43-37-49(57-28-23-18-13-8-2)51(59-30-25-20-15-10-4)39-45(43)47-41-53(61-35-34-55-33-32-54-6)52(60-31-26-21-16-11-5)40-46(47)44(42)38-50(48)58-29-24-19-14-9-3/h36-41H,7-35H2,1-6H3. The van der Waals surface area contributed by atoms with Crippen LogP contribution in [-0.4, -0.2) is 66.6 Å². The number of benzene rings is 4. The van der Waals surface area contributed by atoms with Crippen LogP contribution in [-0.2, 0) is 9.47 Å². The first-order valence-corrected chi connectivity index (χ1v) is 24.5. The summed E-state index contributed by atoms with van der Waals surface area (Å²) in [5, 5.41) is 6.45. The zero-order valence-corrected chi connectivity index (χ0v) is 39.2. The van der Waals surface area contributed by atoms with Crippen LogP contribution in [0.5, 0.6) is 34.5 Å². The summed E-state index contributed by atoms with van der Waals surface area (Å²) in [5.74, 6) is 4.59. The zero-order chi connectivity index (χ0) is 43.3. The first-order chi connectivity index (χ1) is 30.1. The topological polar surface area (TPSA) is 73.8 Å². The highest BCUT2D eigenvalue weighted by molar-refractivity contribution is 6.26. The highest BCUT2D eigenvalue weighted by Gasteiger charge is 2.21. The Morgan fingerprint density at radius 2 is 0.492 bits per heavy atom. The van der Waals surface area contributed by atoms with Gasteiger partial charge in [-0.2, -0.15) is 0 Å². The molecule has 4 rings (SSSR count). The second-order valence-electron chi connectivity index (χ2n) is 16.5. The van der Waals surface area contributed by atoms with Gasteiger partial charge in [-0.3, -0.25) is 0 Å². The van der Waals surface area contributed by atoms with Crippen molar-refractivity contribution < 1.29 is 37.9 Å². The minimum Gasteiger partial charge on any atom is -0.490 e. The van der Waals surface area contributed by atoms with Crippen LogP contribution in [0.4, 0.5) is 0 Å². The molecule has 61 heavy (non-hydrogen) atoms. The molecule has 0 bridgehead atoms. The first-order valence-electron chi connectivity index (χ1n) is 24.5. The monoisotopic (exact) mass is 847 g/mol. The molecule has 0 spiro atoms. The van der Waals surface area contributed by atoms with Crippen LogP contribution in [0.15, 0.2) is 36.4 Å². The molecule has 0 aliphatic carbocycles. The molecule has 8 heteroatoms. The molecule has 0 saturated carbocycles. The summed E-state index contributed by atoms with van der Waals surface area (Å²) in [4.78, 5) is 0. The van der Waals surface area contributed by atoms with Crippen molar-refractivity contribution in [1.82, 2.24) is 0 Å². The number of hydrogen-bond donors (Lipinski definition) is 0. The largest absolute Gasteiger partial charge is 0.490 e. The maximum atomic E-state index is 6.63. The third-order valence-corrected chi connectivity index (χ3v) is 11.3. The fourth-order valence-electron chi connectivity index (χ4n) is 7.70. The van der Waals surface area contributed by atoms with E-state index in [-0.39, 0.29) is 0 Å². The van der Waals surface area contributed by atoms with E-state index in [1.165, 1.54) is 64.2 Å². The summed E-state index contributed by atoms with van der Waals surface area (Å²) in [5.41, 5.74) is 0. The predicted molar refractivity (Wildman–Crippen MR) is 255 cm³/mol. The molecule has 0 heterocycles. The maximum absolute atomic E-state index is 6.63. The number of fused-ring (bicyclic) bond motifs is 6. The van der Waals surface area contributed by atoms with Gasteiger partial charge in [-0.15, -0.1) is 0 Å². The van der Waals surface area contributed by atoms with Crippen molar-refractivity contribution >= 4 is 32.3 Å². The fourth-order valence-corrected chi connectivity index (χ4v) is 7.70. The van der Waals surface area contributed by atoms with Crippen LogP contribution in [0, 0.1) is 0 Å². The second-order valence-corrected chi connectivity index (χ2v) is 16.5. The van der Waals surface area contributed by atoms with Crippen molar-refractivity contribution in [3.05, 3.63) is 36.4 Å². The van der Waals surface area contributed by atoms with Gasteiger partial charge in [-0.25, -0.2) is 0 Å². The van der Waals surface area contributed by atoms with Crippen molar-refractivity contribution in [2.75, 3.05) is 66.6 Å². The van der Waals surface area contributed by atoms with Gasteiger partial charge >= 0.3 is 0 Å². The highest BCUT2D eigenvalue weighted by Crippen LogP contribution is 2.47. The lowest BCUT2D eigenvalue weighted by Crippen LogP contribution is -2.11. The molecule has 0 aliphatic heterocycles. The average Bonchev–Trinajstić information content (AvgIpc) is 3.27. The smallest absolute Gasteiger partial charge is 0.161 e. The first kappa shape index (κ1) is 50.0. The maximum Gasteiger partial charge on any atom is 0.161 e. The van der Waals surface area contributed by atoms with E-state index >= 15 is 0 Å². The molecule has 4 aromatic rings. The molecular formula is C53H82O8. The summed E-state index contributed by atoms with van der Waals surface area (Å²) in [7, 11) is 1.68. The van der Waals surface area contributed by atoms with Crippen molar-refractivity contribution in [3.8, 4) is 34.5 Å². The number of methoxy groups -OCH3 is 1. The molecular weight excluding hydrogens is 765 g/mol. The van der Waals surface area contributed by atoms with Crippen molar-refractivity contribution in [2.45, 2.75) is 163 Å². The molecule has 4 aromatic carbocycles. The van der Waals surface area contributed by atoms with Crippen molar-refractivity contribution in [1.29, 1.82) is 0 Å². The van der Waals surface area contributed by atoms with Gasteiger partial charge in [0.05, 0.1) is 52.9 Å². The lowest BCUT2D eigenvalue weighted by Gasteiger charge is -2.21. The molecule has 0 unspecified atom stereocenters. The van der Waals surface area contributed by atoms with Crippen molar-refractivity contribution in [3.63, 3.8) is 0 Å². The Balaban J connectivity index is 1.94. The molecule has 0 fully saturated rings. The van der Waals surface area contributed by atoms with Gasteiger partial charge in [-0.1, -0.05) is 131 Å². The van der Waals surface area contributed by atoms with Gasteiger partial charge in [0, 0.05) is 7.11 Å². The summed E-state index contributed by atoms with van der Waals surface area (Å²) in [6.45, 7) is 16.3. The van der Waals surface area contributed by atoms with E-state index < -0.39 is 0 Å². The third kappa shape index (κ3) is 16.9.